The molecule has 0 aliphatic heterocycles. The van der Waals surface area contributed by atoms with Gasteiger partial charge >= 0.3 is 5.97 Å². The summed E-state index contributed by atoms with van der Waals surface area (Å²) in [5, 5.41) is 9.39. The average Bonchev–Trinajstić information content (AvgIpc) is 2.89. The first-order valence-electron chi connectivity index (χ1n) is 5.07. The second-order valence-electron chi connectivity index (χ2n) is 3.29. The molecule has 0 saturated carbocycles. The summed E-state index contributed by atoms with van der Waals surface area (Å²) in [5.74, 6) is -0.400. The molecule has 7 heteroatoms. The van der Waals surface area contributed by atoms with E-state index in [1.54, 1.807) is 23.2 Å². The number of hydrogen-bond acceptors (Lipinski definition) is 6. The molecule has 0 fully saturated rings. The van der Waals surface area contributed by atoms with Crippen LogP contribution in [0.3, 0.4) is 0 Å². The summed E-state index contributed by atoms with van der Waals surface area (Å²) < 4.78 is 6.54. The summed E-state index contributed by atoms with van der Waals surface area (Å²) in [4.78, 5) is 15.5. The number of hydrogen-bond donors (Lipinski definition) is 1. The van der Waals surface area contributed by atoms with Gasteiger partial charge in [0.1, 0.15) is 0 Å². The molecule has 1 N–H and O–H groups in total. The lowest BCUT2D eigenvalue weighted by atomic mass is 10.5. The van der Waals surface area contributed by atoms with Crippen molar-refractivity contribution in [3.63, 3.8) is 0 Å². The molecule has 0 aliphatic rings. The van der Waals surface area contributed by atoms with E-state index in [1.807, 2.05) is 13.2 Å². The number of carbonyl (C=O) groups excluding carboxylic acids is 1. The summed E-state index contributed by atoms with van der Waals surface area (Å²) in [6.07, 6.45) is 3.51. The fraction of sp³-hybridized carbons (Fsp3) is 0.300. The van der Waals surface area contributed by atoms with Crippen molar-refractivity contribution in [1.82, 2.24) is 14.8 Å². The van der Waals surface area contributed by atoms with Crippen LogP contribution in [0.15, 0.2) is 17.8 Å². The zero-order valence-electron chi connectivity index (χ0n) is 9.51. The highest BCUT2D eigenvalue weighted by Crippen LogP contribution is 2.20. The molecule has 0 aliphatic carbocycles. The first-order valence-corrected chi connectivity index (χ1v) is 5.95. The van der Waals surface area contributed by atoms with E-state index in [-0.39, 0.29) is 0 Å². The fourth-order valence-electron chi connectivity index (χ4n) is 1.24. The van der Waals surface area contributed by atoms with Crippen molar-refractivity contribution in [2.24, 2.45) is 7.05 Å². The smallest absolute Gasteiger partial charge is 0.357 e. The molecule has 2 aromatic heterocycles. The van der Waals surface area contributed by atoms with Crippen LogP contribution in [0.2, 0.25) is 0 Å². The van der Waals surface area contributed by atoms with E-state index in [0.29, 0.717) is 17.4 Å². The predicted octanol–water partition coefficient (Wildman–Crippen LogP) is 1.80. The third-order valence-electron chi connectivity index (χ3n) is 1.94. The summed E-state index contributed by atoms with van der Waals surface area (Å²) in [6, 6.07) is 0. The SMILES string of the molecule is CCOC(=O)c1csc(Nc2cnn(C)c2)n1. The molecule has 0 saturated heterocycles. The standard InChI is InChI=1S/C10H12N4O2S/c1-3-16-9(15)8-6-17-10(13-8)12-7-4-11-14(2)5-7/h4-6H,3H2,1-2H3,(H,12,13). The van der Waals surface area contributed by atoms with Crippen LogP contribution in [-0.2, 0) is 11.8 Å². The zero-order valence-corrected chi connectivity index (χ0v) is 10.3. The van der Waals surface area contributed by atoms with Gasteiger partial charge in [-0.2, -0.15) is 5.10 Å². The van der Waals surface area contributed by atoms with Gasteiger partial charge in [-0.1, -0.05) is 0 Å². The molecular formula is C10H12N4O2S. The molecule has 0 atom stereocenters. The molecule has 17 heavy (non-hydrogen) atoms. The van der Waals surface area contributed by atoms with Gasteiger partial charge in [-0.05, 0) is 6.92 Å². The van der Waals surface area contributed by atoms with Crippen LogP contribution in [0.4, 0.5) is 10.8 Å². The Bertz CT molecular complexity index is 520. The van der Waals surface area contributed by atoms with Crippen LogP contribution in [-0.4, -0.2) is 27.3 Å². The van der Waals surface area contributed by atoms with Gasteiger partial charge in [0.25, 0.3) is 0 Å². The minimum atomic E-state index is -0.400. The number of rotatable bonds is 4. The summed E-state index contributed by atoms with van der Waals surface area (Å²) in [7, 11) is 1.83. The largest absolute Gasteiger partial charge is 0.461 e. The number of nitrogens with one attached hydrogen (secondary N) is 1. The first kappa shape index (κ1) is 11.6. The lowest BCUT2D eigenvalue weighted by Gasteiger charge is -1.97. The second kappa shape index (κ2) is 4.96. The number of aryl methyl sites for hydroxylation is 1. The number of aromatic nitrogens is 3. The third-order valence-corrected chi connectivity index (χ3v) is 2.70. The van der Waals surface area contributed by atoms with E-state index in [0.717, 1.165) is 5.69 Å². The van der Waals surface area contributed by atoms with Gasteiger partial charge in [0.15, 0.2) is 10.8 Å². The summed E-state index contributed by atoms with van der Waals surface area (Å²) in [5.41, 5.74) is 1.15. The van der Waals surface area contributed by atoms with E-state index in [9.17, 15) is 4.79 Å². The summed E-state index contributed by atoms with van der Waals surface area (Å²) >= 11 is 1.35. The number of nitrogens with zero attached hydrogens (tertiary/aromatic N) is 3. The van der Waals surface area contributed by atoms with E-state index in [2.05, 4.69) is 15.4 Å². The van der Waals surface area contributed by atoms with Crippen molar-refractivity contribution in [3.8, 4) is 0 Å². The van der Waals surface area contributed by atoms with Crippen molar-refractivity contribution in [3.05, 3.63) is 23.5 Å². The Balaban J connectivity index is 2.06. The van der Waals surface area contributed by atoms with E-state index in [4.69, 9.17) is 4.74 Å². The maximum atomic E-state index is 11.4. The van der Waals surface area contributed by atoms with Crippen LogP contribution < -0.4 is 5.32 Å². The Morgan fingerprint density at radius 3 is 3.12 bits per heavy atom. The highest BCUT2D eigenvalue weighted by molar-refractivity contribution is 7.14. The molecule has 6 nitrogen and oxygen atoms in total. The van der Waals surface area contributed by atoms with E-state index >= 15 is 0 Å². The molecule has 0 spiro atoms. The average molecular weight is 252 g/mol. The predicted molar refractivity (Wildman–Crippen MR) is 64.6 cm³/mol. The Morgan fingerprint density at radius 1 is 1.65 bits per heavy atom. The topological polar surface area (TPSA) is 69.0 Å². The molecule has 2 heterocycles. The fourth-order valence-corrected chi connectivity index (χ4v) is 1.94. The number of esters is 1. The molecule has 0 amide bonds. The highest BCUT2D eigenvalue weighted by atomic mass is 32.1. The van der Waals surface area contributed by atoms with Crippen LogP contribution in [0.25, 0.3) is 0 Å². The zero-order chi connectivity index (χ0) is 12.3. The Labute approximate surface area is 102 Å². The van der Waals surface area contributed by atoms with Crippen molar-refractivity contribution in [2.75, 3.05) is 11.9 Å². The van der Waals surface area contributed by atoms with Crippen LogP contribution in [0.5, 0.6) is 0 Å². The van der Waals surface area contributed by atoms with Gasteiger partial charge in [0.2, 0.25) is 0 Å². The van der Waals surface area contributed by atoms with Crippen LogP contribution >= 0.6 is 11.3 Å². The minimum absolute atomic E-state index is 0.322. The van der Waals surface area contributed by atoms with Crippen molar-refractivity contribution in [2.45, 2.75) is 6.92 Å². The van der Waals surface area contributed by atoms with Gasteiger partial charge in [-0.15, -0.1) is 11.3 Å². The Morgan fingerprint density at radius 2 is 2.47 bits per heavy atom. The van der Waals surface area contributed by atoms with Crippen molar-refractivity contribution in [1.29, 1.82) is 0 Å². The molecule has 0 bridgehead atoms. The van der Waals surface area contributed by atoms with Crippen LogP contribution in [0.1, 0.15) is 17.4 Å². The molecular weight excluding hydrogens is 240 g/mol. The van der Waals surface area contributed by atoms with Crippen molar-refractivity contribution >= 4 is 28.1 Å². The highest BCUT2D eigenvalue weighted by Gasteiger charge is 2.11. The van der Waals surface area contributed by atoms with E-state index < -0.39 is 5.97 Å². The molecule has 0 aromatic carbocycles. The maximum absolute atomic E-state index is 11.4. The van der Waals surface area contributed by atoms with Crippen molar-refractivity contribution < 1.29 is 9.53 Å². The van der Waals surface area contributed by atoms with Gasteiger partial charge < -0.3 is 10.1 Å². The molecule has 2 aromatic rings. The number of carbonyl (C=O) groups is 1. The van der Waals surface area contributed by atoms with Gasteiger partial charge in [-0.3, -0.25) is 4.68 Å². The van der Waals surface area contributed by atoms with Gasteiger partial charge in [0.05, 0.1) is 18.5 Å². The Hall–Kier alpha value is -1.89. The van der Waals surface area contributed by atoms with E-state index in [1.165, 1.54) is 11.3 Å². The molecule has 2 rings (SSSR count). The Kier molecular flexibility index (Phi) is 3.38. The molecule has 0 unspecified atom stereocenters. The quantitative estimate of drug-likeness (QED) is 0.840. The maximum Gasteiger partial charge on any atom is 0.357 e. The van der Waals surface area contributed by atoms with Gasteiger partial charge in [-0.25, -0.2) is 9.78 Å². The monoisotopic (exact) mass is 252 g/mol. The number of anilines is 2. The molecule has 0 radical (unpaired) electrons. The summed E-state index contributed by atoms with van der Waals surface area (Å²) in [6.45, 7) is 2.11. The first-order chi connectivity index (χ1) is 8.19. The molecule has 90 valence electrons. The third kappa shape index (κ3) is 2.82. The lowest BCUT2D eigenvalue weighted by molar-refractivity contribution is 0.0520. The normalized spacial score (nSPS) is 10.2. The second-order valence-corrected chi connectivity index (χ2v) is 4.14. The van der Waals surface area contributed by atoms with Gasteiger partial charge in [0, 0.05) is 18.6 Å². The van der Waals surface area contributed by atoms with Crippen LogP contribution in [0, 0.1) is 0 Å². The minimum Gasteiger partial charge on any atom is -0.461 e. The number of thiazole rings is 1. The lowest BCUT2D eigenvalue weighted by Crippen LogP contribution is -2.04. The number of ether oxygens (including phenoxy) is 1.